The van der Waals surface area contributed by atoms with Crippen molar-refractivity contribution < 1.29 is 9.53 Å². The van der Waals surface area contributed by atoms with Gasteiger partial charge in [-0.1, -0.05) is 0 Å². The molecule has 7 nitrogen and oxygen atoms in total. The second-order valence-corrected chi connectivity index (χ2v) is 5.98. The minimum absolute atomic E-state index is 0.135. The van der Waals surface area contributed by atoms with Gasteiger partial charge in [0.25, 0.3) is 0 Å². The molecule has 1 fully saturated rings. The predicted octanol–water partition coefficient (Wildman–Crippen LogP) is 1.37. The molecule has 1 saturated heterocycles. The number of pyridine rings is 1. The Morgan fingerprint density at radius 2 is 2.04 bits per heavy atom. The van der Waals surface area contributed by atoms with Crippen molar-refractivity contribution in [2.24, 2.45) is 7.05 Å². The molecule has 3 heterocycles. The molecule has 1 aliphatic rings. The fourth-order valence-electron chi connectivity index (χ4n) is 3.08. The second kappa shape index (κ2) is 6.90. The molecule has 1 aliphatic heterocycles. The van der Waals surface area contributed by atoms with Crippen LogP contribution in [-0.2, 0) is 18.4 Å². The van der Waals surface area contributed by atoms with Crippen molar-refractivity contribution in [2.45, 2.75) is 20.5 Å². The smallest absolute Gasteiger partial charge is 0.219 e. The van der Waals surface area contributed by atoms with E-state index in [2.05, 4.69) is 15.0 Å². The Labute approximate surface area is 141 Å². The number of anilines is 1. The first-order chi connectivity index (χ1) is 11.6. The number of aromatic nitrogens is 3. The molecule has 0 radical (unpaired) electrons. The summed E-state index contributed by atoms with van der Waals surface area (Å²) in [5, 5.41) is 4.55. The molecule has 1 amide bonds. The number of amides is 1. The Balaban J connectivity index is 1.75. The van der Waals surface area contributed by atoms with Gasteiger partial charge in [0, 0.05) is 46.3 Å². The van der Waals surface area contributed by atoms with Gasteiger partial charge in [-0.05, 0) is 19.1 Å². The largest absolute Gasteiger partial charge is 0.487 e. The van der Waals surface area contributed by atoms with E-state index >= 15 is 0 Å². The number of ether oxygens (including phenoxy) is 1. The van der Waals surface area contributed by atoms with Crippen LogP contribution in [-0.4, -0.2) is 51.8 Å². The number of hydrogen-bond donors (Lipinski definition) is 0. The fourth-order valence-corrected chi connectivity index (χ4v) is 3.08. The number of aryl methyl sites for hydroxylation is 2. The molecule has 0 spiro atoms. The summed E-state index contributed by atoms with van der Waals surface area (Å²) in [6.45, 7) is 7.16. The molecular formula is C17H23N5O2. The van der Waals surface area contributed by atoms with Crippen LogP contribution in [0.15, 0.2) is 24.5 Å². The minimum atomic E-state index is 0.135. The van der Waals surface area contributed by atoms with Gasteiger partial charge in [0.2, 0.25) is 5.91 Å². The highest BCUT2D eigenvalue weighted by atomic mass is 16.5. The molecule has 7 heteroatoms. The summed E-state index contributed by atoms with van der Waals surface area (Å²) < 4.78 is 7.77. The van der Waals surface area contributed by atoms with Crippen LogP contribution in [0, 0.1) is 6.92 Å². The third-order valence-electron chi connectivity index (χ3n) is 4.36. The Hall–Kier alpha value is -2.57. The summed E-state index contributed by atoms with van der Waals surface area (Å²) in [7, 11) is 1.95. The SMILES string of the molecule is CC(=O)N1CCN(c2c(COc3cccnc3)c(C)nn2C)CC1. The fraction of sp³-hybridized carbons (Fsp3) is 0.471. The van der Waals surface area contributed by atoms with Crippen LogP contribution in [0.2, 0.25) is 0 Å². The van der Waals surface area contributed by atoms with Gasteiger partial charge in [-0.3, -0.25) is 14.5 Å². The standard InChI is InChI=1S/C17H23N5O2/c1-13-16(12-24-15-5-4-6-18-11-15)17(20(3)19-13)22-9-7-21(8-10-22)14(2)23/h4-6,11H,7-10,12H2,1-3H3. The topological polar surface area (TPSA) is 63.5 Å². The van der Waals surface area contributed by atoms with E-state index in [0.29, 0.717) is 6.61 Å². The van der Waals surface area contributed by atoms with Gasteiger partial charge in [0.05, 0.1) is 17.5 Å². The molecule has 0 atom stereocenters. The van der Waals surface area contributed by atoms with Crippen LogP contribution in [0.1, 0.15) is 18.2 Å². The summed E-state index contributed by atoms with van der Waals surface area (Å²) in [5.74, 6) is 1.95. The molecule has 0 unspecified atom stereocenters. The monoisotopic (exact) mass is 329 g/mol. The summed E-state index contributed by atoms with van der Waals surface area (Å²) >= 11 is 0. The zero-order chi connectivity index (χ0) is 17.1. The van der Waals surface area contributed by atoms with Crippen molar-refractivity contribution in [2.75, 3.05) is 31.1 Å². The van der Waals surface area contributed by atoms with Gasteiger partial charge in [-0.15, -0.1) is 0 Å². The van der Waals surface area contributed by atoms with Crippen LogP contribution < -0.4 is 9.64 Å². The van der Waals surface area contributed by atoms with Crippen LogP contribution >= 0.6 is 0 Å². The van der Waals surface area contributed by atoms with Crippen molar-refractivity contribution in [1.82, 2.24) is 19.7 Å². The third-order valence-corrected chi connectivity index (χ3v) is 4.36. The normalized spacial score (nSPS) is 14.8. The molecular weight excluding hydrogens is 306 g/mol. The van der Waals surface area contributed by atoms with E-state index in [0.717, 1.165) is 49.0 Å². The van der Waals surface area contributed by atoms with Gasteiger partial charge >= 0.3 is 0 Å². The van der Waals surface area contributed by atoms with Crippen LogP contribution in [0.25, 0.3) is 0 Å². The van der Waals surface area contributed by atoms with E-state index in [1.165, 1.54) is 0 Å². The van der Waals surface area contributed by atoms with E-state index in [4.69, 9.17) is 4.74 Å². The summed E-state index contributed by atoms with van der Waals surface area (Å²) in [5.41, 5.74) is 2.04. The molecule has 0 aliphatic carbocycles. The molecule has 0 bridgehead atoms. The number of piperazine rings is 1. The Bertz CT molecular complexity index is 705. The summed E-state index contributed by atoms with van der Waals surface area (Å²) in [6.07, 6.45) is 3.43. The van der Waals surface area contributed by atoms with E-state index < -0.39 is 0 Å². The van der Waals surface area contributed by atoms with E-state index in [-0.39, 0.29) is 5.91 Å². The van der Waals surface area contributed by atoms with Crippen molar-refractivity contribution in [3.63, 3.8) is 0 Å². The van der Waals surface area contributed by atoms with Gasteiger partial charge in [0.15, 0.2) is 0 Å². The maximum Gasteiger partial charge on any atom is 0.219 e. The lowest BCUT2D eigenvalue weighted by Crippen LogP contribution is -2.48. The van der Waals surface area contributed by atoms with Gasteiger partial charge in [-0.25, -0.2) is 0 Å². The first-order valence-corrected chi connectivity index (χ1v) is 8.12. The van der Waals surface area contributed by atoms with Crippen molar-refractivity contribution in [1.29, 1.82) is 0 Å². The van der Waals surface area contributed by atoms with Crippen molar-refractivity contribution >= 4 is 11.7 Å². The lowest BCUT2D eigenvalue weighted by atomic mass is 10.2. The molecule has 128 valence electrons. The lowest BCUT2D eigenvalue weighted by molar-refractivity contribution is -0.129. The Kier molecular flexibility index (Phi) is 4.69. The molecule has 0 N–H and O–H groups in total. The maximum absolute atomic E-state index is 11.5. The first-order valence-electron chi connectivity index (χ1n) is 8.12. The molecule has 24 heavy (non-hydrogen) atoms. The van der Waals surface area contributed by atoms with Crippen LogP contribution in [0.4, 0.5) is 5.82 Å². The Morgan fingerprint density at radius 3 is 2.67 bits per heavy atom. The number of rotatable bonds is 4. The Morgan fingerprint density at radius 1 is 1.29 bits per heavy atom. The number of hydrogen-bond acceptors (Lipinski definition) is 5. The number of nitrogens with zero attached hydrogens (tertiary/aromatic N) is 5. The quantitative estimate of drug-likeness (QED) is 0.848. The zero-order valence-corrected chi connectivity index (χ0v) is 14.4. The number of carbonyl (C=O) groups excluding carboxylic acids is 1. The average molecular weight is 329 g/mol. The van der Waals surface area contributed by atoms with E-state index in [1.54, 1.807) is 19.3 Å². The number of carbonyl (C=O) groups is 1. The van der Waals surface area contributed by atoms with Crippen molar-refractivity contribution in [3.8, 4) is 5.75 Å². The van der Waals surface area contributed by atoms with E-state index in [9.17, 15) is 4.79 Å². The second-order valence-electron chi connectivity index (χ2n) is 5.98. The predicted molar refractivity (Wildman–Crippen MR) is 91.0 cm³/mol. The lowest BCUT2D eigenvalue weighted by Gasteiger charge is -2.35. The van der Waals surface area contributed by atoms with Crippen molar-refractivity contribution in [3.05, 3.63) is 35.8 Å². The van der Waals surface area contributed by atoms with Crippen LogP contribution in [0.3, 0.4) is 0 Å². The van der Waals surface area contributed by atoms with Gasteiger partial charge in [-0.2, -0.15) is 5.10 Å². The molecule has 0 saturated carbocycles. The molecule has 2 aromatic rings. The van der Waals surface area contributed by atoms with Gasteiger partial charge in [0.1, 0.15) is 18.2 Å². The minimum Gasteiger partial charge on any atom is -0.487 e. The average Bonchev–Trinajstić information content (AvgIpc) is 2.87. The molecule has 3 rings (SSSR count). The van der Waals surface area contributed by atoms with Gasteiger partial charge < -0.3 is 14.5 Å². The zero-order valence-electron chi connectivity index (χ0n) is 14.4. The van der Waals surface area contributed by atoms with Crippen LogP contribution in [0.5, 0.6) is 5.75 Å². The maximum atomic E-state index is 11.5. The highest BCUT2D eigenvalue weighted by Gasteiger charge is 2.24. The highest BCUT2D eigenvalue weighted by Crippen LogP contribution is 2.26. The van der Waals surface area contributed by atoms with E-state index in [1.807, 2.05) is 35.7 Å². The highest BCUT2D eigenvalue weighted by molar-refractivity contribution is 5.73. The summed E-state index contributed by atoms with van der Waals surface area (Å²) in [4.78, 5) is 19.7. The third kappa shape index (κ3) is 3.34. The molecule has 2 aromatic heterocycles. The summed E-state index contributed by atoms with van der Waals surface area (Å²) in [6, 6.07) is 3.75. The first kappa shape index (κ1) is 16.3. The molecule has 0 aromatic carbocycles.